The number of pyridine rings is 1. The number of H-pyrrole nitrogens is 1. The summed E-state index contributed by atoms with van der Waals surface area (Å²) in [6, 6.07) is 21.7. The first-order valence-corrected chi connectivity index (χ1v) is 11.2. The standard InChI is InChI=1S/C27H26N4O3/c1-34-21-9-10-25-22(15-21)23(24-14-20-8-5-11-28-27(20)29-24)17-31(25)18-26(33)30(12-13-32)16-19-6-3-2-4-7-19/h2-11,14-15,17,32H,12-13,16,18H2,1H3,(H,28,29). The number of carbonyl (C=O) groups is 1. The third kappa shape index (κ3) is 4.25. The Morgan fingerprint density at radius 2 is 1.97 bits per heavy atom. The lowest BCUT2D eigenvalue weighted by molar-refractivity contribution is -0.132. The summed E-state index contributed by atoms with van der Waals surface area (Å²) in [6.07, 6.45) is 3.75. The first-order valence-electron chi connectivity index (χ1n) is 11.2. The lowest BCUT2D eigenvalue weighted by Gasteiger charge is -2.22. The Morgan fingerprint density at radius 3 is 2.74 bits per heavy atom. The number of fused-ring (bicyclic) bond motifs is 2. The van der Waals surface area contributed by atoms with Crippen LogP contribution in [0, 0.1) is 0 Å². The number of carbonyl (C=O) groups excluding carboxylic acids is 1. The van der Waals surface area contributed by atoms with E-state index in [1.807, 2.05) is 71.4 Å². The minimum Gasteiger partial charge on any atom is -0.497 e. The zero-order chi connectivity index (χ0) is 23.5. The van der Waals surface area contributed by atoms with Crippen LogP contribution in [0.2, 0.25) is 0 Å². The quantitative estimate of drug-likeness (QED) is 0.368. The number of aliphatic hydroxyl groups is 1. The highest BCUT2D eigenvalue weighted by molar-refractivity contribution is 5.99. The van der Waals surface area contributed by atoms with E-state index in [0.29, 0.717) is 6.54 Å². The van der Waals surface area contributed by atoms with Gasteiger partial charge in [-0.15, -0.1) is 0 Å². The van der Waals surface area contributed by atoms with Crippen molar-refractivity contribution in [3.05, 3.63) is 84.7 Å². The molecule has 7 heteroatoms. The molecule has 0 bridgehead atoms. The summed E-state index contributed by atoms with van der Waals surface area (Å²) in [6.45, 7) is 0.804. The summed E-state index contributed by atoms with van der Waals surface area (Å²) in [5.41, 5.74) is 4.66. The van der Waals surface area contributed by atoms with Gasteiger partial charge in [0.25, 0.3) is 0 Å². The van der Waals surface area contributed by atoms with Crippen LogP contribution in [0.25, 0.3) is 33.2 Å². The van der Waals surface area contributed by atoms with Crippen LogP contribution in [0.5, 0.6) is 5.75 Å². The minimum atomic E-state index is -0.0878. The Bertz CT molecular complexity index is 1410. The lowest BCUT2D eigenvalue weighted by atomic mass is 10.1. The van der Waals surface area contributed by atoms with Gasteiger partial charge in [0.1, 0.15) is 17.9 Å². The van der Waals surface area contributed by atoms with Gasteiger partial charge >= 0.3 is 0 Å². The van der Waals surface area contributed by atoms with Gasteiger partial charge in [0.2, 0.25) is 5.91 Å². The largest absolute Gasteiger partial charge is 0.497 e. The monoisotopic (exact) mass is 454 g/mol. The molecule has 7 nitrogen and oxygen atoms in total. The van der Waals surface area contributed by atoms with Crippen molar-refractivity contribution in [3.8, 4) is 17.0 Å². The molecule has 2 aromatic carbocycles. The van der Waals surface area contributed by atoms with Crippen LogP contribution in [-0.2, 0) is 17.9 Å². The van der Waals surface area contributed by atoms with Gasteiger partial charge in [0, 0.05) is 53.0 Å². The number of benzene rings is 2. The molecule has 3 heterocycles. The van der Waals surface area contributed by atoms with Crippen molar-refractivity contribution < 1.29 is 14.6 Å². The SMILES string of the molecule is COc1ccc2c(c1)c(-c1cc3cccnc3[nH]1)cn2CC(=O)N(CCO)Cc1ccccc1. The second-order valence-electron chi connectivity index (χ2n) is 8.20. The predicted octanol–water partition coefficient (Wildman–Crippen LogP) is 4.21. The highest BCUT2D eigenvalue weighted by atomic mass is 16.5. The van der Waals surface area contributed by atoms with Gasteiger partial charge < -0.3 is 24.3 Å². The maximum atomic E-state index is 13.3. The summed E-state index contributed by atoms with van der Waals surface area (Å²) >= 11 is 0. The first kappa shape index (κ1) is 21.7. The van der Waals surface area contributed by atoms with E-state index in [2.05, 4.69) is 16.0 Å². The Kier molecular flexibility index (Phi) is 6.01. The third-order valence-corrected chi connectivity index (χ3v) is 6.01. The molecular formula is C27H26N4O3. The number of nitrogens with one attached hydrogen (secondary N) is 1. The number of nitrogens with zero attached hydrogens (tertiary/aromatic N) is 3. The Labute approximate surface area is 197 Å². The number of rotatable bonds is 8. The Balaban J connectivity index is 1.52. The molecule has 3 aromatic heterocycles. The van der Waals surface area contributed by atoms with E-state index < -0.39 is 0 Å². The van der Waals surface area contributed by atoms with Gasteiger partial charge in [-0.1, -0.05) is 30.3 Å². The van der Waals surface area contributed by atoms with E-state index in [4.69, 9.17) is 4.74 Å². The van der Waals surface area contributed by atoms with Crippen molar-refractivity contribution in [1.82, 2.24) is 19.4 Å². The maximum absolute atomic E-state index is 13.3. The second-order valence-corrected chi connectivity index (χ2v) is 8.20. The summed E-state index contributed by atoms with van der Waals surface area (Å²) in [4.78, 5) is 22.8. The summed E-state index contributed by atoms with van der Waals surface area (Å²) in [5, 5.41) is 11.6. The Morgan fingerprint density at radius 1 is 1.12 bits per heavy atom. The van der Waals surface area contributed by atoms with Crippen molar-refractivity contribution >= 4 is 27.8 Å². The highest BCUT2D eigenvalue weighted by Crippen LogP contribution is 2.34. The molecule has 0 aliphatic carbocycles. The fourth-order valence-electron chi connectivity index (χ4n) is 4.31. The highest BCUT2D eigenvalue weighted by Gasteiger charge is 2.19. The summed E-state index contributed by atoms with van der Waals surface area (Å²) in [5.74, 6) is 0.688. The number of hydrogen-bond acceptors (Lipinski definition) is 4. The molecule has 0 radical (unpaired) electrons. The molecular weight excluding hydrogens is 428 g/mol. The molecule has 0 fully saturated rings. The molecule has 0 aliphatic rings. The van der Waals surface area contributed by atoms with Crippen molar-refractivity contribution in [3.63, 3.8) is 0 Å². The van der Waals surface area contributed by atoms with Gasteiger partial charge in [0.05, 0.1) is 13.7 Å². The van der Waals surface area contributed by atoms with E-state index in [1.165, 1.54) is 0 Å². The normalized spacial score (nSPS) is 11.2. The molecule has 0 saturated heterocycles. The number of aromatic nitrogens is 3. The van der Waals surface area contributed by atoms with Gasteiger partial charge in [-0.2, -0.15) is 0 Å². The van der Waals surface area contributed by atoms with E-state index in [9.17, 15) is 9.90 Å². The van der Waals surface area contributed by atoms with Crippen molar-refractivity contribution in [2.75, 3.05) is 20.3 Å². The zero-order valence-corrected chi connectivity index (χ0v) is 18.9. The van der Waals surface area contributed by atoms with Crippen LogP contribution in [0.4, 0.5) is 0 Å². The lowest BCUT2D eigenvalue weighted by Crippen LogP contribution is -2.35. The van der Waals surface area contributed by atoms with Crippen LogP contribution in [-0.4, -0.2) is 50.7 Å². The first-order chi connectivity index (χ1) is 16.7. The fourth-order valence-corrected chi connectivity index (χ4v) is 4.31. The van der Waals surface area contributed by atoms with Crippen molar-refractivity contribution in [1.29, 1.82) is 0 Å². The molecule has 1 amide bonds. The van der Waals surface area contributed by atoms with Gasteiger partial charge in [-0.05, 0) is 42.0 Å². The number of ether oxygens (including phenoxy) is 1. The molecule has 0 aliphatic heterocycles. The molecule has 2 N–H and O–H groups in total. The second kappa shape index (κ2) is 9.41. The molecule has 5 aromatic rings. The predicted molar refractivity (Wildman–Crippen MR) is 133 cm³/mol. The average molecular weight is 455 g/mol. The number of hydrogen-bond donors (Lipinski definition) is 2. The van der Waals surface area contributed by atoms with Crippen LogP contribution in [0.1, 0.15) is 5.56 Å². The van der Waals surface area contributed by atoms with Crippen LogP contribution < -0.4 is 4.74 Å². The zero-order valence-electron chi connectivity index (χ0n) is 18.9. The number of methoxy groups -OCH3 is 1. The summed E-state index contributed by atoms with van der Waals surface area (Å²) in [7, 11) is 1.64. The molecule has 34 heavy (non-hydrogen) atoms. The smallest absolute Gasteiger partial charge is 0.242 e. The van der Waals surface area contributed by atoms with Crippen molar-refractivity contribution in [2.24, 2.45) is 0 Å². The number of aliphatic hydroxyl groups excluding tert-OH is 1. The molecule has 0 atom stereocenters. The molecule has 0 saturated carbocycles. The molecule has 172 valence electrons. The van der Waals surface area contributed by atoms with E-state index in [-0.39, 0.29) is 25.6 Å². The number of aromatic amines is 1. The van der Waals surface area contributed by atoms with Gasteiger partial charge in [-0.3, -0.25) is 4.79 Å². The van der Waals surface area contributed by atoms with Gasteiger partial charge in [0.15, 0.2) is 0 Å². The molecule has 0 unspecified atom stereocenters. The Hall–Kier alpha value is -4.10. The van der Waals surface area contributed by atoms with Gasteiger partial charge in [-0.25, -0.2) is 4.98 Å². The van der Waals surface area contributed by atoms with E-state index in [1.54, 1.807) is 18.2 Å². The third-order valence-electron chi connectivity index (χ3n) is 6.01. The van der Waals surface area contributed by atoms with Crippen LogP contribution >= 0.6 is 0 Å². The summed E-state index contributed by atoms with van der Waals surface area (Å²) < 4.78 is 7.42. The average Bonchev–Trinajstić information content (AvgIpc) is 3.45. The van der Waals surface area contributed by atoms with Crippen LogP contribution in [0.3, 0.4) is 0 Å². The number of amides is 1. The molecule has 0 spiro atoms. The van der Waals surface area contributed by atoms with E-state index in [0.717, 1.165) is 44.5 Å². The minimum absolute atomic E-state index is 0.0597. The van der Waals surface area contributed by atoms with Crippen molar-refractivity contribution in [2.45, 2.75) is 13.1 Å². The maximum Gasteiger partial charge on any atom is 0.242 e. The topological polar surface area (TPSA) is 83.4 Å². The van der Waals surface area contributed by atoms with E-state index >= 15 is 0 Å². The molecule has 5 rings (SSSR count). The van der Waals surface area contributed by atoms with Crippen LogP contribution in [0.15, 0.2) is 79.1 Å². The fraction of sp³-hybridized carbons (Fsp3) is 0.185.